The fraction of sp³-hybridized carbons (Fsp3) is 0.241. The number of carbonyl (C=O) groups excluding carboxylic acids is 2. The molecule has 1 N–H and O–H groups in total. The van der Waals surface area contributed by atoms with Crippen LogP contribution in [0.15, 0.2) is 72.3 Å². The Morgan fingerprint density at radius 3 is 2.43 bits per heavy atom. The van der Waals surface area contributed by atoms with E-state index in [1.165, 1.54) is 4.90 Å². The van der Waals surface area contributed by atoms with E-state index >= 15 is 0 Å². The molecule has 1 fully saturated rings. The number of nitrogens with zero attached hydrogens (tertiary/aromatic N) is 1. The van der Waals surface area contributed by atoms with Gasteiger partial charge in [-0.05, 0) is 60.9 Å². The van der Waals surface area contributed by atoms with Gasteiger partial charge in [0.25, 0.3) is 11.7 Å². The lowest BCUT2D eigenvalue weighted by molar-refractivity contribution is -0.140. The number of ketones is 1. The molecular weight excluding hydrogens is 513 g/mol. The lowest BCUT2D eigenvalue weighted by Gasteiger charge is -2.25. The zero-order valence-electron chi connectivity index (χ0n) is 20.5. The molecule has 0 saturated carbocycles. The van der Waals surface area contributed by atoms with Crippen LogP contribution >= 0.6 is 23.2 Å². The molecule has 1 saturated heterocycles. The second-order valence-corrected chi connectivity index (χ2v) is 9.63. The van der Waals surface area contributed by atoms with Crippen molar-refractivity contribution in [2.24, 2.45) is 0 Å². The summed E-state index contributed by atoms with van der Waals surface area (Å²) >= 11 is 12.3. The molecule has 1 aliphatic heterocycles. The molecule has 3 aromatic carbocycles. The molecular formula is C29H27Cl2NO5. The van der Waals surface area contributed by atoms with Gasteiger partial charge in [0, 0.05) is 25.8 Å². The summed E-state index contributed by atoms with van der Waals surface area (Å²) in [5, 5.41) is 11.9. The Kier molecular flexibility index (Phi) is 8.54. The van der Waals surface area contributed by atoms with Gasteiger partial charge in [0.1, 0.15) is 18.1 Å². The van der Waals surface area contributed by atoms with Crippen molar-refractivity contribution in [3.8, 4) is 5.75 Å². The van der Waals surface area contributed by atoms with Crippen LogP contribution in [0.25, 0.3) is 5.76 Å². The number of halogens is 2. The van der Waals surface area contributed by atoms with E-state index in [1.54, 1.807) is 49.6 Å². The van der Waals surface area contributed by atoms with Crippen LogP contribution in [0.3, 0.4) is 0 Å². The number of hydrogen-bond donors (Lipinski definition) is 1. The van der Waals surface area contributed by atoms with Crippen molar-refractivity contribution in [2.45, 2.75) is 26.0 Å². The van der Waals surface area contributed by atoms with Crippen LogP contribution in [0.5, 0.6) is 5.75 Å². The molecule has 0 spiro atoms. The topological polar surface area (TPSA) is 76.1 Å². The summed E-state index contributed by atoms with van der Waals surface area (Å²) in [5.41, 5.74) is 3.15. The van der Waals surface area contributed by atoms with E-state index in [0.29, 0.717) is 41.5 Å². The molecule has 1 heterocycles. The van der Waals surface area contributed by atoms with Crippen molar-refractivity contribution in [3.63, 3.8) is 0 Å². The van der Waals surface area contributed by atoms with Crippen LogP contribution < -0.4 is 4.74 Å². The van der Waals surface area contributed by atoms with Crippen LogP contribution in [0.4, 0.5) is 0 Å². The molecule has 6 nitrogen and oxygen atoms in total. The molecule has 3 aromatic rings. The number of likely N-dealkylation sites (tertiary alicyclic amines) is 1. The molecule has 0 unspecified atom stereocenters. The second kappa shape index (κ2) is 11.8. The van der Waals surface area contributed by atoms with Gasteiger partial charge in [-0.2, -0.15) is 0 Å². The van der Waals surface area contributed by atoms with Crippen molar-refractivity contribution in [3.05, 3.63) is 105 Å². The van der Waals surface area contributed by atoms with E-state index in [4.69, 9.17) is 32.7 Å². The van der Waals surface area contributed by atoms with Crippen LogP contribution in [0, 0.1) is 6.92 Å². The van der Waals surface area contributed by atoms with Crippen molar-refractivity contribution in [1.29, 1.82) is 0 Å². The van der Waals surface area contributed by atoms with Gasteiger partial charge in [-0.15, -0.1) is 0 Å². The summed E-state index contributed by atoms with van der Waals surface area (Å²) in [6.45, 7) is 3.11. The maximum Gasteiger partial charge on any atom is 0.295 e. The van der Waals surface area contributed by atoms with E-state index in [0.717, 1.165) is 11.1 Å². The van der Waals surface area contributed by atoms with Crippen LogP contribution in [-0.4, -0.2) is 42.0 Å². The Labute approximate surface area is 226 Å². The first-order valence-electron chi connectivity index (χ1n) is 11.8. The third kappa shape index (κ3) is 5.99. The Morgan fingerprint density at radius 1 is 1.00 bits per heavy atom. The van der Waals surface area contributed by atoms with Crippen molar-refractivity contribution >= 4 is 40.7 Å². The number of Topliss-reactive ketones (excluding diaryl/α,β-unsaturated/α-hetero) is 1. The zero-order chi connectivity index (χ0) is 26.5. The SMILES string of the molecule is COCCCN1C(=O)C(=O)/C(=C(/O)c2ccc(OCc3cccc(C)c3)cc2)[C@@H]1c1ccc(Cl)c(Cl)c1. The van der Waals surface area contributed by atoms with Gasteiger partial charge in [0.15, 0.2) is 0 Å². The number of aliphatic hydroxyl groups is 1. The first kappa shape index (κ1) is 26.7. The fourth-order valence-electron chi connectivity index (χ4n) is 4.35. The summed E-state index contributed by atoms with van der Waals surface area (Å²) in [7, 11) is 1.57. The summed E-state index contributed by atoms with van der Waals surface area (Å²) in [6, 6.07) is 18.9. The smallest absolute Gasteiger partial charge is 0.295 e. The van der Waals surface area contributed by atoms with Gasteiger partial charge in [-0.1, -0.05) is 59.1 Å². The maximum absolute atomic E-state index is 13.1. The fourth-order valence-corrected chi connectivity index (χ4v) is 4.66. The Hall–Kier alpha value is -3.32. The molecule has 4 rings (SSSR count). The molecule has 0 aromatic heterocycles. The summed E-state index contributed by atoms with van der Waals surface area (Å²) in [5.74, 6) is -1.11. The molecule has 8 heteroatoms. The first-order chi connectivity index (χ1) is 17.8. The molecule has 0 bridgehead atoms. The Morgan fingerprint density at radius 2 is 1.76 bits per heavy atom. The van der Waals surface area contributed by atoms with Crippen molar-refractivity contribution in [2.75, 3.05) is 20.3 Å². The lowest BCUT2D eigenvalue weighted by atomic mass is 9.95. The molecule has 192 valence electrons. The highest BCUT2D eigenvalue weighted by atomic mass is 35.5. The minimum absolute atomic E-state index is 0.00534. The van der Waals surface area contributed by atoms with Gasteiger partial charge in [0.05, 0.1) is 21.7 Å². The van der Waals surface area contributed by atoms with Gasteiger partial charge >= 0.3 is 0 Å². The second-order valence-electron chi connectivity index (χ2n) is 8.81. The molecule has 1 amide bonds. The molecule has 0 radical (unpaired) electrons. The first-order valence-corrected chi connectivity index (χ1v) is 12.6. The van der Waals surface area contributed by atoms with Gasteiger partial charge in [-0.25, -0.2) is 0 Å². The lowest BCUT2D eigenvalue weighted by Crippen LogP contribution is -2.31. The van der Waals surface area contributed by atoms with E-state index in [-0.39, 0.29) is 22.9 Å². The third-order valence-electron chi connectivity index (χ3n) is 6.16. The highest BCUT2D eigenvalue weighted by Crippen LogP contribution is 2.41. The minimum Gasteiger partial charge on any atom is -0.507 e. The number of ether oxygens (including phenoxy) is 2. The largest absolute Gasteiger partial charge is 0.507 e. The molecule has 0 aliphatic carbocycles. The maximum atomic E-state index is 13.1. The number of hydrogen-bond acceptors (Lipinski definition) is 5. The van der Waals surface area contributed by atoms with Crippen molar-refractivity contribution < 1.29 is 24.2 Å². The minimum atomic E-state index is -0.816. The predicted octanol–water partition coefficient (Wildman–Crippen LogP) is 6.34. The summed E-state index contributed by atoms with van der Waals surface area (Å²) in [6.07, 6.45) is 0.522. The number of rotatable bonds is 9. The average Bonchev–Trinajstić information content (AvgIpc) is 3.14. The van der Waals surface area contributed by atoms with E-state index in [2.05, 4.69) is 6.07 Å². The van der Waals surface area contributed by atoms with Crippen LogP contribution in [-0.2, 0) is 20.9 Å². The zero-order valence-corrected chi connectivity index (χ0v) is 22.1. The Balaban J connectivity index is 1.65. The van der Waals surface area contributed by atoms with Crippen LogP contribution in [0.1, 0.15) is 34.7 Å². The van der Waals surface area contributed by atoms with E-state index < -0.39 is 17.7 Å². The average molecular weight is 540 g/mol. The predicted molar refractivity (Wildman–Crippen MR) is 144 cm³/mol. The molecule has 37 heavy (non-hydrogen) atoms. The number of amides is 1. The van der Waals surface area contributed by atoms with Gasteiger partial charge in [0.2, 0.25) is 0 Å². The van der Waals surface area contributed by atoms with Crippen LogP contribution in [0.2, 0.25) is 10.0 Å². The molecule has 1 atom stereocenters. The van der Waals surface area contributed by atoms with Gasteiger partial charge < -0.3 is 19.5 Å². The normalized spacial score (nSPS) is 16.9. The van der Waals surface area contributed by atoms with E-state index in [9.17, 15) is 14.7 Å². The number of benzene rings is 3. The number of aryl methyl sites for hydroxylation is 1. The standard InChI is InChI=1S/C29H27Cl2NO5/c1-18-5-3-6-19(15-18)17-37-22-10-7-20(8-11-22)27(33)25-26(21-9-12-23(30)24(31)16-21)32(13-4-14-36-2)29(35)28(25)34/h3,5-12,15-16,26,33H,4,13-14,17H2,1-2H3/b27-25+/t26-/m0/s1. The van der Waals surface area contributed by atoms with Gasteiger partial charge in [-0.3, -0.25) is 9.59 Å². The molecule has 1 aliphatic rings. The summed E-state index contributed by atoms with van der Waals surface area (Å²) < 4.78 is 11.0. The third-order valence-corrected chi connectivity index (χ3v) is 6.90. The number of carbonyl (C=O) groups is 2. The van der Waals surface area contributed by atoms with E-state index in [1.807, 2.05) is 25.1 Å². The monoisotopic (exact) mass is 539 g/mol. The number of methoxy groups -OCH3 is 1. The number of aliphatic hydroxyl groups excluding tert-OH is 1. The highest BCUT2D eigenvalue weighted by molar-refractivity contribution is 6.46. The Bertz CT molecular complexity index is 1340. The highest BCUT2D eigenvalue weighted by Gasteiger charge is 2.45. The van der Waals surface area contributed by atoms with Crippen molar-refractivity contribution in [1.82, 2.24) is 4.90 Å². The quantitative estimate of drug-likeness (QED) is 0.148. The summed E-state index contributed by atoms with van der Waals surface area (Å²) in [4.78, 5) is 27.6.